The summed E-state index contributed by atoms with van der Waals surface area (Å²) in [5.41, 5.74) is -0.324. The van der Waals surface area contributed by atoms with E-state index >= 15 is 0 Å². The number of nitrogens with one attached hydrogen (secondary N) is 3. The predicted molar refractivity (Wildman–Crippen MR) is 170 cm³/mol. The minimum atomic E-state index is -1.32. The van der Waals surface area contributed by atoms with Crippen molar-refractivity contribution in [3.05, 3.63) is 77.3 Å². The maximum absolute atomic E-state index is 13.0. The topological polar surface area (TPSA) is 137 Å². The molecule has 0 heterocycles. The number of aromatic carboxylic acids is 1. The van der Waals surface area contributed by atoms with Gasteiger partial charge in [0.2, 0.25) is 5.91 Å². The fourth-order valence-electron chi connectivity index (χ4n) is 3.81. The number of carbonyl (C=O) groups excluding carboxylic acids is 2. The molecule has 4 N–H and O–H groups in total. The molecule has 0 bridgehead atoms. The number of amides is 3. The third kappa shape index (κ3) is 14.0. The second-order valence-electron chi connectivity index (χ2n) is 9.10. The largest absolute Gasteiger partial charge is 0.478 e. The van der Waals surface area contributed by atoms with Crippen molar-refractivity contribution in [3.8, 4) is 0 Å². The summed E-state index contributed by atoms with van der Waals surface area (Å²) in [5, 5.41) is 19.9. The predicted octanol–water partition coefficient (Wildman–Crippen LogP) is 7.51. The van der Waals surface area contributed by atoms with E-state index in [9.17, 15) is 19.3 Å². The number of hydrogen-bond acceptors (Lipinski definition) is 6. The molecule has 3 amide bonds. The number of rotatable bonds is 20. The van der Waals surface area contributed by atoms with Gasteiger partial charge >= 0.3 is 12.0 Å². The zero-order valence-electron chi connectivity index (χ0n) is 24.4. The number of carboxylic acids is 1. The molecule has 0 saturated heterocycles. The summed E-state index contributed by atoms with van der Waals surface area (Å²) >= 11 is 1.66. The first kappa shape index (κ1) is 35.4. The van der Waals surface area contributed by atoms with Crippen molar-refractivity contribution in [2.45, 2.75) is 70.5 Å². The Morgan fingerprint density at radius 3 is 2.02 bits per heavy atom. The maximum atomic E-state index is 13.0. The molecule has 0 unspecified atom stereocenters. The van der Waals surface area contributed by atoms with Gasteiger partial charge in [0.25, 0.3) is 0 Å². The summed E-state index contributed by atoms with van der Waals surface area (Å²) < 4.78 is -0.531. The quantitative estimate of drug-likeness (QED) is 0.0711. The van der Waals surface area contributed by atoms with E-state index < -0.39 is 16.7 Å². The highest BCUT2D eigenvalue weighted by molar-refractivity contribution is 8.01. The lowest BCUT2D eigenvalue weighted by atomic mass is 10.0. The first-order valence-corrected chi connectivity index (χ1v) is 15.1. The molecule has 0 aliphatic carbocycles. The average Bonchev–Trinajstić information content (AvgIpc) is 2.97. The van der Waals surface area contributed by atoms with Gasteiger partial charge in [0.1, 0.15) is 5.69 Å². The monoisotopic (exact) mass is 584 g/mol. The first-order valence-electron chi connectivity index (χ1n) is 14.1. The number of allylic oxidation sites excluding steroid dienone is 8. The van der Waals surface area contributed by atoms with E-state index in [0.29, 0.717) is 12.8 Å². The first-order chi connectivity index (χ1) is 19.8. The van der Waals surface area contributed by atoms with E-state index in [-0.39, 0.29) is 35.9 Å². The van der Waals surface area contributed by atoms with Crippen molar-refractivity contribution < 1.29 is 19.5 Å². The molecule has 0 aromatic heterocycles. The molecule has 10 heteroatoms. The van der Waals surface area contributed by atoms with Crippen LogP contribution < -0.4 is 16.0 Å². The molecule has 1 aromatic carbocycles. The fraction of sp³-hybridized carbons (Fsp3) is 0.452. The van der Waals surface area contributed by atoms with E-state index in [1.807, 2.05) is 13.8 Å². The second-order valence-corrected chi connectivity index (χ2v) is 10.6. The normalized spacial score (nSPS) is 12.0. The van der Waals surface area contributed by atoms with Crippen molar-refractivity contribution in [3.63, 3.8) is 0 Å². The lowest BCUT2D eigenvalue weighted by Gasteiger charge is -2.29. The number of thioether (sulfide) groups is 1. The van der Waals surface area contributed by atoms with Gasteiger partial charge in [-0.3, -0.25) is 4.79 Å². The zero-order chi connectivity index (χ0) is 30.3. The Labute approximate surface area is 248 Å². The molecule has 9 nitrogen and oxygen atoms in total. The Balaban J connectivity index is 2.37. The molecule has 0 fully saturated rings. The van der Waals surface area contributed by atoms with Gasteiger partial charge in [0.15, 0.2) is 0 Å². The number of carbonyl (C=O) groups is 3. The minimum absolute atomic E-state index is 0.0529. The van der Waals surface area contributed by atoms with Crippen LogP contribution >= 0.6 is 11.8 Å². The third-order valence-corrected chi connectivity index (χ3v) is 7.97. The van der Waals surface area contributed by atoms with Crippen LogP contribution in [-0.2, 0) is 4.79 Å². The molecule has 0 radical (unpaired) electrons. The van der Waals surface area contributed by atoms with Crippen molar-refractivity contribution in [1.29, 1.82) is 0 Å². The highest BCUT2D eigenvalue weighted by atomic mass is 32.2. The zero-order valence-corrected chi connectivity index (χ0v) is 25.2. The molecule has 0 atom stereocenters. The molecular formula is C31H44N4O5S. The highest BCUT2D eigenvalue weighted by Crippen LogP contribution is 2.33. The highest BCUT2D eigenvalue weighted by Gasteiger charge is 2.34. The van der Waals surface area contributed by atoms with Crippen LogP contribution in [0, 0.1) is 4.91 Å². The van der Waals surface area contributed by atoms with Gasteiger partial charge < -0.3 is 21.1 Å². The van der Waals surface area contributed by atoms with Gasteiger partial charge in [-0.05, 0) is 74.1 Å². The number of nitrogens with zero attached hydrogens (tertiary/aromatic N) is 1. The van der Waals surface area contributed by atoms with Gasteiger partial charge in [-0.15, -0.1) is 16.7 Å². The summed E-state index contributed by atoms with van der Waals surface area (Å²) in [6.07, 6.45) is 23.5. The smallest absolute Gasteiger partial charge is 0.338 e. The van der Waals surface area contributed by atoms with E-state index in [0.717, 1.165) is 43.9 Å². The van der Waals surface area contributed by atoms with Crippen LogP contribution in [-0.4, -0.2) is 46.6 Å². The Morgan fingerprint density at radius 2 is 1.46 bits per heavy atom. The van der Waals surface area contributed by atoms with Crippen LogP contribution in [0.3, 0.4) is 0 Å². The number of carboxylic acid groups (broad SMARTS) is 1. The number of urea groups is 1. The molecule has 1 aromatic rings. The minimum Gasteiger partial charge on any atom is -0.478 e. The van der Waals surface area contributed by atoms with Crippen LogP contribution in [0.2, 0.25) is 0 Å². The molecule has 224 valence electrons. The summed E-state index contributed by atoms with van der Waals surface area (Å²) in [5.74, 6) is -0.540. The van der Waals surface area contributed by atoms with Crippen molar-refractivity contribution in [2.75, 3.05) is 24.2 Å². The lowest BCUT2D eigenvalue weighted by Crippen LogP contribution is -2.46. The molecule has 0 aliphatic heterocycles. The van der Waals surface area contributed by atoms with Gasteiger partial charge in [-0.1, -0.05) is 69.4 Å². The van der Waals surface area contributed by atoms with E-state index in [1.54, 1.807) is 11.8 Å². The molecular weight excluding hydrogens is 540 g/mol. The Kier molecular flexibility index (Phi) is 18.2. The summed E-state index contributed by atoms with van der Waals surface area (Å²) in [7, 11) is 0. The van der Waals surface area contributed by atoms with Crippen LogP contribution in [0.5, 0.6) is 0 Å². The number of anilines is 1. The third-order valence-electron chi connectivity index (χ3n) is 6.22. The molecule has 41 heavy (non-hydrogen) atoms. The van der Waals surface area contributed by atoms with Crippen LogP contribution in [0.1, 0.15) is 76.1 Å². The Bertz CT molecular complexity index is 1090. The summed E-state index contributed by atoms with van der Waals surface area (Å²) in [6, 6.07) is 3.21. The van der Waals surface area contributed by atoms with Crippen molar-refractivity contribution in [2.24, 2.45) is 5.18 Å². The van der Waals surface area contributed by atoms with Gasteiger partial charge in [0, 0.05) is 18.8 Å². The van der Waals surface area contributed by atoms with E-state index in [2.05, 4.69) is 76.7 Å². The summed E-state index contributed by atoms with van der Waals surface area (Å²) in [4.78, 5) is 47.1. The molecule has 0 saturated carbocycles. The molecule has 0 aliphatic rings. The molecule has 0 spiro atoms. The standard InChI is InChI=1S/C31H44N4O5S/c1-4-7-8-9-10-11-12-13-14-15-16-17-18-23-41-31(5-2,6-3)29(38)32-21-22-33-30(39)34-25-19-20-27(35-40)26(24-25)28(36)37/h7-8,10-11,13-14,16-17,19-20,24H,4-6,9,12,15,18,21-23H2,1-3H3,(H,32,38)(H,36,37)(H2,33,34,39)/b8-7-,11-10-,14-13-,17-16-. The van der Waals surface area contributed by atoms with Crippen molar-refractivity contribution >= 4 is 41.0 Å². The average molecular weight is 585 g/mol. The Hall–Kier alpha value is -3.66. The lowest BCUT2D eigenvalue weighted by molar-refractivity contribution is -0.123. The number of hydrogen-bond donors (Lipinski definition) is 4. The number of nitroso groups, excluding NO2 is 1. The SMILES string of the molecule is CC/C=C\C/C=C\C/C=C\C/C=C\CCSC(CC)(CC)C(=O)NCCNC(=O)Nc1ccc(N=O)c(C(=O)O)c1. The van der Waals surface area contributed by atoms with Gasteiger partial charge in [0.05, 0.1) is 10.3 Å². The Morgan fingerprint density at radius 1 is 0.878 bits per heavy atom. The van der Waals surface area contributed by atoms with Crippen LogP contribution in [0.4, 0.5) is 16.2 Å². The summed E-state index contributed by atoms with van der Waals surface area (Å²) in [6.45, 7) is 6.58. The van der Waals surface area contributed by atoms with Crippen LogP contribution in [0.25, 0.3) is 0 Å². The van der Waals surface area contributed by atoms with E-state index in [4.69, 9.17) is 5.11 Å². The second kappa shape index (κ2) is 21.1. The number of benzene rings is 1. The van der Waals surface area contributed by atoms with E-state index in [1.165, 1.54) is 12.1 Å². The maximum Gasteiger partial charge on any atom is 0.338 e. The van der Waals surface area contributed by atoms with Crippen LogP contribution in [0.15, 0.2) is 72.0 Å². The van der Waals surface area contributed by atoms with Crippen molar-refractivity contribution in [1.82, 2.24) is 10.6 Å². The molecule has 1 rings (SSSR count). The fourth-order valence-corrected chi connectivity index (χ4v) is 5.07. The van der Waals surface area contributed by atoms with Gasteiger partial charge in [-0.25, -0.2) is 9.59 Å². The van der Waals surface area contributed by atoms with Gasteiger partial charge in [-0.2, -0.15) is 0 Å².